The maximum atomic E-state index is 8.64. The average Bonchev–Trinajstić information content (AvgIpc) is 2.26. The molecule has 0 rings (SSSR count). The number of nitriles is 1. The van der Waals surface area contributed by atoms with Gasteiger partial charge in [0.25, 0.3) is 8.53 Å². The second kappa shape index (κ2) is 9.65. The number of hydrogen-bond donors (Lipinski definition) is 0. The van der Waals surface area contributed by atoms with Gasteiger partial charge < -0.3 is 13.5 Å². The summed E-state index contributed by atoms with van der Waals surface area (Å²) < 4.78 is 14.9. The van der Waals surface area contributed by atoms with E-state index in [0.29, 0.717) is 31.7 Å². The summed E-state index contributed by atoms with van der Waals surface area (Å²) in [6.07, 6.45) is 0.404. The average molecular weight is 304 g/mol. The Bertz CT molecular complexity index is 290. The standard InChI is InChI=1S/C14H31N3O2P/c1-13(2)16(14(3)4)20(18-11-8-9-15)19-12-10-17(5,6)7/h13-14H,8,10-12H2,1-7H3/q+1. The van der Waals surface area contributed by atoms with E-state index in [1.807, 2.05) is 0 Å². The lowest BCUT2D eigenvalue weighted by Crippen LogP contribution is -2.38. The number of rotatable bonds is 10. The molecule has 0 aromatic heterocycles. The summed E-state index contributed by atoms with van der Waals surface area (Å²) in [6.45, 7) is 10.6. The summed E-state index contributed by atoms with van der Waals surface area (Å²) in [7, 11) is 5.34. The lowest BCUT2D eigenvalue weighted by atomic mass is 10.3. The van der Waals surface area contributed by atoms with E-state index in [4.69, 9.17) is 14.3 Å². The van der Waals surface area contributed by atoms with Gasteiger partial charge in [0, 0.05) is 12.1 Å². The zero-order valence-electron chi connectivity index (χ0n) is 14.1. The summed E-state index contributed by atoms with van der Waals surface area (Å²) in [5, 5.41) is 8.64. The Labute approximate surface area is 126 Å². The maximum absolute atomic E-state index is 8.64. The first-order valence-corrected chi connectivity index (χ1v) is 8.33. The van der Waals surface area contributed by atoms with Crippen molar-refractivity contribution in [3.8, 4) is 6.07 Å². The van der Waals surface area contributed by atoms with Gasteiger partial charge in [0.1, 0.15) is 13.2 Å². The molecule has 0 aromatic carbocycles. The fraction of sp³-hybridized carbons (Fsp3) is 0.929. The summed E-state index contributed by atoms with van der Waals surface area (Å²) in [5.41, 5.74) is 0. The molecule has 0 aromatic rings. The van der Waals surface area contributed by atoms with Crippen LogP contribution in [0.3, 0.4) is 0 Å². The normalized spacial score (nSPS) is 14.1. The van der Waals surface area contributed by atoms with Gasteiger partial charge in [0.05, 0.1) is 40.2 Å². The van der Waals surface area contributed by atoms with E-state index < -0.39 is 8.53 Å². The minimum atomic E-state index is -1.10. The van der Waals surface area contributed by atoms with E-state index in [-0.39, 0.29) is 0 Å². The zero-order valence-corrected chi connectivity index (χ0v) is 15.0. The molecule has 5 nitrogen and oxygen atoms in total. The first-order valence-electron chi connectivity index (χ1n) is 7.20. The third-order valence-corrected chi connectivity index (χ3v) is 4.73. The molecule has 6 heteroatoms. The zero-order chi connectivity index (χ0) is 15.8. The molecule has 0 fully saturated rings. The van der Waals surface area contributed by atoms with Crippen molar-refractivity contribution in [2.75, 3.05) is 40.9 Å². The van der Waals surface area contributed by atoms with E-state index in [1.54, 1.807) is 0 Å². The van der Waals surface area contributed by atoms with Crippen molar-refractivity contribution in [1.82, 2.24) is 4.67 Å². The van der Waals surface area contributed by atoms with Crippen molar-refractivity contribution in [3.63, 3.8) is 0 Å². The van der Waals surface area contributed by atoms with Gasteiger partial charge in [-0.25, -0.2) is 4.67 Å². The molecule has 0 bridgehead atoms. The molecule has 0 radical (unpaired) electrons. The predicted molar refractivity (Wildman–Crippen MR) is 84.1 cm³/mol. The highest BCUT2D eigenvalue weighted by Gasteiger charge is 2.27. The molecule has 20 heavy (non-hydrogen) atoms. The van der Waals surface area contributed by atoms with Gasteiger partial charge in [-0.15, -0.1) is 0 Å². The second-order valence-electron chi connectivity index (χ2n) is 6.39. The molecule has 0 amide bonds. The van der Waals surface area contributed by atoms with Crippen LogP contribution in [0.1, 0.15) is 34.1 Å². The molecule has 0 aliphatic heterocycles. The van der Waals surface area contributed by atoms with Crippen LogP contribution in [0.5, 0.6) is 0 Å². The third-order valence-electron chi connectivity index (χ3n) is 2.63. The van der Waals surface area contributed by atoms with Crippen LogP contribution >= 0.6 is 8.53 Å². The predicted octanol–water partition coefficient (Wildman–Crippen LogP) is 2.99. The molecule has 0 saturated heterocycles. The molecule has 0 aliphatic rings. The van der Waals surface area contributed by atoms with E-state index in [2.05, 4.69) is 59.6 Å². The van der Waals surface area contributed by atoms with E-state index in [1.165, 1.54) is 0 Å². The maximum Gasteiger partial charge on any atom is 0.259 e. The molecular formula is C14H31N3O2P+. The molecule has 0 heterocycles. The molecule has 0 aliphatic carbocycles. The molecule has 1 atom stereocenters. The topological polar surface area (TPSA) is 45.5 Å². The van der Waals surface area contributed by atoms with E-state index >= 15 is 0 Å². The van der Waals surface area contributed by atoms with Crippen molar-refractivity contribution in [2.24, 2.45) is 0 Å². The van der Waals surface area contributed by atoms with Crippen LogP contribution in [0.2, 0.25) is 0 Å². The van der Waals surface area contributed by atoms with Crippen LogP contribution in [0.4, 0.5) is 0 Å². The Balaban J connectivity index is 4.57. The number of quaternary nitrogens is 1. The Kier molecular flexibility index (Phi) is 9.54. The second-order valence-corrected chi connectivity index (χ2v) is 7.85. The van der Waals surface area contributed by atoms with Crippen molar-refractivity contribution in [3.05, 3.63) is 0 Å². The Morgan fingerprint density at radius 1 is 1.05 bits per heavy atom. The number of likely N-dealkylation sites (N-methyl/N-ethyl adjacent to an activating group) is 1. The summed E-state index contributed by atoms with van der Waals surface area (Å²) in [5.74, 6) is 0. The fourth-order valence-electron chi connectivity index (χ4n) is 1.71. The summed E-state index contributed by atoms with van der Waals surface area (Å²) in [4.78, 5) is 0. The first-order chi connectivity index (χ1) is 9.19. The lowest BCUT2D eigenvalue weighted by Gasteiger charge is -2.36. The van der Waals surface area contributed by atoms with Gasteiger partial charge in [-0.3, -0.25) is 0 Å². The summed E-state index contributed by atoms with van der Waals surface area (Å²) >= 11 is 0. The molecule has 118 valence electrons. The van der Waals surface area contributed by atoms with Crippen LogP contribution in [0.25, 0.3) is 0 Å². The minimum absolute atomic E-state index is 0.354. The monoisotopic (exact) mass is 304 g/mol. The van der Waals surface area contributed by atoms with Crippen molar-refractivity contribution in [1.29, 1.82) is 5.26 Å². The Morgan fingerprint density at radius 3 is 1.95 bits per heavy atom. The van der Waals surface area contributed by atoms with Crippen molar-refractivity contribution in [2.45, 2.75) is 46.2 Å². The minimum Gasteiger partial charge on any atom is -0.329 e. The van der Waals surface area contributed by atoms with Crippen LogP contribution in [-0.2, 0) is 9.05 Å². The third kappa shape index (κ3) is 8.84. The number of nitrogens with zero attached hydrogens (tertiary/aromatic N) is 3. The highest BCUT2D eigenvalue weighted by Crippen LogP contribution is 2.45. The molecule has 0 saturated carbocycles. The van der Waals surface area contributed by atoms with Crippen molar-refractivity contribution >= 4 is 8.53 Å². The van der Waals surface area contributed by atoms with Crippen LogP contribution < -0.4 is 0 Å². The van der Waals surface area contributed by atoms with Crippen molar-refractivity contribution < 1.29 is 13.5 Å². The highest BCUT2D eigenvalue weighted by molar-refractivity contribution is 7.44. The van der Waals surface area contributed by atoms with Gasteiger partial charge in [-0.05, 0) is 27.7 Å². The van der Waals surface area contributed by atoms with Gasteiger partial charge in [-0.2, -0.15) is 5.26 Å². The Morgan fingerprint density at radius 2 is 1.55 bits per heavy atom. The SMILES string of the molecule is CC(C)N(C(C)C)P(OCCC#N)OCC[N+](C)(C)C. The van der Waals surface area contributed by atoms with Gasteiger partial charge in [0.15, 0.2) is 0 Å². The van der Waals surface area contributed by atoms with E-state index in [9.17, 15) is 0 Å². The molecule has 1 unspecified atom stereocenters. The van der Waals surface area contributed by atoms with Crippen LogP contribution in [0, 0.1) is 11.3 Å². The van der Waals surface area contributed by atoms with Gasteiger partial charge in [-0.1, -0.05) is 0 Å². The quantitative estimate of drug-likeness (QED) is 0.353. The van der Waals surface area contributed by atoms with Crippen LogP contribution in [-0.4, -0.2) is 62.1 Å². The first kappa shape index (κ1) is 19.8. The fourth-order valence-corrected chi connectivity index (χ4v) is 3.29. The highest BCUT2D eigenvalue weighted by atomic mass is 31.2. The molecular weight excluding hydrogens is 273 g/mol. The number of hydrogen-bond acceptors (Lipinski definition) is 4. The summed E-state index contributed by atoms with van der Waals surface area (Å²) in [6, 6.07) is 2.82. The lowest BCUT2D eigenvalue weighted by molar-refractivity contribution is -0.870. The molecule has 0 N–H and O–H groups in total. The van der Waals surface area contributed by atoms with E-state index in [0.717, 1.165) is 11.0 Å². The Hall–Kier alpha value is -0.240. The molecule has 0 spiro atoms. The van der Waals surface area contributed by atoms with Gasteiger partial charge >= 0.3 is 0 Å². The largest absolute Gasteiger partial charge is 0.329 e. The van der Waals surface area contributed by atoms with Gasteiger partial charge in [0.2, 0.25) is 0 Å². The smallest absolute Gasteiger partial charge is 0.259 e. The van der Waals surface area contributed by atoms with Crippen LogP contribution in [0.15, 0.2) is 0 Å².